The number of anilines is 2. The predicted molar refractivity (Wildman–Crippen MR) is 112 cm³/mol. The molecule has 1 aliphatic heterocycles. The summed E-state index contributed by atoms with van der Waals surface area (Å²) in [6.07, 6.45) is 2.10. The maximum Gasteiger partial charge on any atom is 0.0488 e. The van der Waals surface area contributed by atoms with Crippen LogP contribution in [0.5, 0.6) is 0 Å². The monoisotopic (exact) mass is 343 g/mol. The maximum atomic E-state index is 4.36. The van der Waals surface area contributed by atoms with Crippen molar-refractivity contribution < 1.29 is 0 Å². The third kappa shape index (κ3) is 2.70. The van der Waals surface area contributed by atoms with Crippen LogP contribution in [0.1, 0.15) is 25.0 Å². The van der Waals surface area contributed by atoms with Crippen LogP contribution >= 0.6 is 0 Å². The summed E-state index contributed by atoms with van der Waals surface area (Å²) in [7, 11) is 2.08. The van der Waals surface area contributed by atoms with Gasteiger partial charge < -0.3 is 14.8 Å². The number of nitrogens with one attached hydrogen (secondary N) is 1. The number of hydrogen-bond acceptors (Lipinski definition) is 2. The third-order valence-electron chi connectivity index (χ3n) is 5.26. The van der Waals surface area contributed by atoms with Crippen molar-refractivity contribution in [1.82, 2.24) is 4.57 Å². The van der Waals surface area contributed by atoms with Crippen LogP contribution in [-0.4, -0.2) is 4.57 Å². The number of allylic oxidation sites excluding steroid dienone is 1. The first-order valence-electron chi connectivity index (χ1n) is 9.04. The van der Waals surface area contributed by atoms with Crippen molar-refractivity contribution in [3.05, 3.63) is 78.6 Å². The lowest BCUT2D eigenvalue weighted by molar-refractivity contribution is 0.778. The average Bonchev–Trinajstić information content (AvgIpc) is 3.15. The number of rotatable bonds is 4. The summed E-state index contributed by atoms with van der Waals surface area (Å²) < 4.78 is 2.15. The van der Waals surface area contributed by atoms with Gasteiger partial charge in [0.2, 0.25) is 0 Å². The Balaban J connectivity index is 1.63. The van der Waals surface area contributed by atoms with Crippen molar-refractivity contribution in [1.29, 1.82) is 0 Å². The molecule has 1 aliphatic rings. The van der Waals surface area contributed by atoms with Crippen LogP contribution in [0.15, 0.2) is 67.5 Å². The molecule has 0 spiro atoms. The van der Waals surface area contributed by atoms with Gasteiger partial charge in [0.1, 0.15) is 0 Å². The Kier molecular flexibility index (Phi) is 3.87. The van der Waals surface area contributed by atoms with Gasteiger partial charge in [-0.1, -0.05) is 33.1 Å². The summed E-state index contributed by atoms with van der Waals surface area (Å²) in [4.78, 5) is 2.29. The standard InChI is InChI=1S/C23H25N3/c1-15(2)16(3)24-20-7-6-19-14-26(17(4)22(19)13-20)21-8-9-23-18(12-21)10-11-25(23)5/h6-13,15,24H,3-4,14H2,1-2,5H3. The molecule has 3 heteroatoms. The van der Waals surface area contributed by atoms with Gasteiger partial charge in [-0.2, -0.15) is 0 Å². The summed E-state index contributed by atoms with van der Waals surface area (Å²) in [5, 5.41) is 4.67. The zero-order chi connectivity index (χ0) is 18.4. The molecule has 0 aliphatic carbocycles. The van der Waals surface area contributed by atoms with Gasteiger partial charge in [0.25, 0.3) is 0 Å². The minimum absolute atomic E-state index is 0.403. The molecule has 1 N–H and O–H groups in total. The highest BCUT2D eigenvalue weighted by atomic mass is 15.2. The van der Waals surface area contributed by atoms with Gasteiger partial charge in [-0.25, -0.2) is 0 Å². The van der Waals surface area contributed by atoms with Gasteiger partial charge in [-0.15, -0.1) is 0 Å². The molecule has 1 aromatic heterocycles. The molecular weight excluding hydrogens is 318 g/mol. The Morgan fingerprint density at radius 1 is 1.12 bits per heavy atom. The Morgan fingerprint density at radius 2 is 1.92 bits per heavy atom. The first-order chi connectivity index (χ1) is 12.4. The van der Waals surface area contributed by atoms with Gasteiger partial charge in [-0.3, -0.25) is 0 Å². The quantitative estimate of drug-likeness (QED) is 0.651. The molecular formula is C23H25N3. The molecule has 2 heterocycles. The largest absolute Gasteiger partial charge is 0.359 e. The first kappa shape index (κ1) is 16.5. The molecule has 132 valence electrons. The smallest absolute Gasteiger partial charge is 0.0488 e. The highest BCUT2D eigenvalue weighted by Crippen LogP contribution is 2.38. The molecule has 0 fully saturated rings. The van der Waals surface area contributed by atoms with Crippen LogP contribution in [0.3, 0.4) is 0 Å². The molecule has 3 aromatic rings. The van der Waals surface area contributed by atoms with Crippen molar-refractivity contribution in [3.63, 3.8) is 0 Å². The minimum atomic E-state index is 0.403. The second-order valence-corrected chi connectivity index (χ2v) is 7.38. The summed E-state index contributed by atoms with van der Waals surface area (Å²) >= 11 is 0. The number of aryl methyl sites for hydroxylation is 1. The van der Waals surface area contributed by atoms with Crippen LogP contribution < -0.4 is 10.2 Å². The van der Waals surface area contributed by atoms with E-state index >= 15 is 0 Å². The van der Waals surface area contributed by atoms with E-state index < -0.39 is 0 Å². The van der Waals surface area contributed by atoms with Gasteiger partial charge >= 0.3 is 0 Å². The molecule has 0 amide bonds. The molecule has 2 aromatic carbocycles. The maximum absolute atomic E-state index is 4.36. The average molecular weight is 343 g/mol. The van der Waals surface area contributed by atoms with Crippen molar-refractivity contribution in [2.45, 2.75) is 20.4 Å². The molecule has 3 nitrogen and oxygen atoms in total. The van der Waals surface area contributed by atoms with E-state index in [1.807, 2.05) is 0 Å². The molecule has 0 unspecified atom stereocenters. The lowest BCUT2D eigenvalue weighted by Crippen LogP contribution is -2.12. The SMILES string of the molecule is C=C(Nc1ccc2c(c1)C(=C)N(c1ccc3c(ccn3C)c1)C2)C(C)C. The zero-order valence-electron chi connectivity index (χ0n) is 15.7. The number of benzene rings is 2. The van der Waals surface area contributed by atoms with E-state index in [2.05, 4.69) is 97.5 Å². The highest BCUT2D eigenvalue weighted by Gasteiger charge is 2.24. The van der Waals surface area contributed by atoms with E-state index in [9.17, 15) is 0 Å². The molecule has 0 bridgehead atoms. The van der Waals surface area contributed by atoms with E-state index in [0.29, 0.717) is 5.92 Å². The fraction of sp³-hybridized carbons (Fsp3) is 0.217. The third-order valence-corrected chi connectivity index (χ3v) is 5.26. The number of fused-ring (bicyclic) bond motifs is 2. The summed E-state index contributed by atoms with van der Waals surface area (Å²) in [6, 6.07) is 15.3. The van der Waals surface area contributed by atoms with E-state index in [0.717, 1.165) is 23.6 Å². The molecule has 0 radical (unpaired) electrons. The fourth-order valence-electron chi connectivity index (χ4n) is 3.49. The first-order valence-corrected chi connectivity index (χ1v) is 9.04. The fourth-order valence-corrected chi connectivity index (χ4v) is 3.49. The Bertz CT molecular complexity index is 1020. The molecule has 0 atom stereocenters. The number of aromatic nitrogens is 1. The molecule has 0 saturated carbocycles. The molecule has 26 heavy (non-hydrogen) atoms. The van der Waals surface area contributed by atoms with E-state index in [4.69, 9.17) is 0 Å². The van der Waals surface area contributed by atoms with Crippen LogP contribution in [0, 0.1) is 5.92 Å². The normalized spacial score (nSPS) is 13.5. The number of nitrogens with zero attached hydrogens (tertiary/aromatic N) is 2. The topological polar surface area (TPSA) is 20.2 Å². The highest BCUT2D eigenvalue weighted by molar-refractivity contribution is 5.90. The van der Waals surface area contributed by atoms with Gasteiger partial charge in [-0.05, 0) is 47.9 Å². The van der Waals surface area contributed by atoms with Crippen molar-refractivity contribution in [2.75, 3.05) is 10.2 Å². The van der Waals surface area contributed by atoms with Crippen LogP contribution in [0.4, 0.5) is 11.4 Å². The lowest BCUT2D eigenvalue weighted by Gasteiger charge is -2.20. The van der Waals surface area contributed by atoms with E-state index in [1.165, 1.54) is 27.7 Å². The predicted octanol–water partition coefficient (Wildman–Crippen LogP) is 5.75. The zero-order valence-corrected chi connectivity index (χ0v) is 15.7. The molecule has 4 rings (SSSR count). The van der Waals surface area contributed by atoms with Crippen LogP contribution in [0.2, 0.25) is 0 Å². The summed E-state index contributed by atoms with van der Waals surface area (Å²) in [6.45, 7) is 13.6. The second-order valence-electron chi connectivity index (χ2n) is 7.38. The van der Waals surface area contributed by atoms with Crippen molar-refractivity contribution in [2.24, 2.45) is 13.0 Å². The van der Waals surface area contributed by atoms with Crippen molar-refractivity contribution in [3.8, 4) is 0 Å². The minimum Gasteiger partial charge on any atom is -0.359 e. The summed E-state index contributed by atoms with van der Waals surface area (Å²) in [5.41, 5.74) is 8.10. The van der Waals surface area contributed by atoms with Gasteiger partial charge in [0, 0.05) is 59.0 Å². The second kappa shape index (κ2) is 6.10. The van der Waals surface area contributed by atoms with Crippen molar-refractivity contribution >= 4 is 28.0 Å². The Morgan fingerprint density at radius 3 is 2.69 bits per heavy atom. The van der Waals surface area contributed by atoms with Crippen LogP contribution in [0.25, 0.3) is 16.6 Å². The summed E-state index contributed by atoms with van der Waals surface area (Å²) in [5.74, 6) is 0.403. The van der Waals surface area contributed by atoms with E-state index in [1.54, 1.807) is 0 Å². The molecule has 0 saturated heterocycles. The Labute approximate surface area is 155 Å². The van der Waals surface area contributed by atoms with Crippen LogP contribution in [-0.2, 0) is 13.6 Å². The number of hydrogen-bond donors (Lipinski definition) is 1. The van der Waals surface area contributed by atoms with Gasteiger partial charge in [0.15, 0.2) is 0 Å². The van der Waals surface area contributed by atoms with E-state index in [-0.39, 0.29) is 0 Å². The lowest BCUT2D eigenvalue weighted by atomic mass is 10.1. The van der Waals surface area contributed by atoms with Gasteiger partial charge in [0.05, 0.1) is 0 Å². The Hall–Kier alpha value is -2.94.